The number of aromatic nitrogens is 2. The van der Waals surface area contributed by atoms with Crippen molar-refractivity contribution in [3.63, 3.8) is 0 Å². The molecule has 0 fully saturated rings. The molecule has 2 aromatic heterocycles. The van der Waals surface area contributed by atoms with Gasteiger partial charge in [-0.3, -0.25) is 9.44 Å². The molecule has 0 saturated heterocycles. The second-order valence-corrected chi connectivity index (χ2v) is 15.8. The molecule has 2 N–H and O–H groups in total. The van der Waals surface area contributed by atoms with Crippen LogP contribution in [-0.2, 0) is 32.9 Å². The highest BCUT2D eigenvalue weighted by Gasteiger charge is 2.25. The van der Waals surface area contributed by atoms with Gasteiger partial charge in [-0.05, 0) is 87.9 Å². The lowest BCUT2D eigenvalue weighted by Crippen LogP contribution is -2.15. The van der Waals surface area contributed by atoms with Crippen molar-refractivity contribution in [2.75, 3.05) is 23.7 Å². The second kappa shape index (κ2) is 17.8. The number of halogens is 1. The molecule has 0 aliphatic rings. The van der Waals surface area contributed by atoms with Crippen LogP contribution < -0.4 is 18.9 Å². The molecule has 290 valence electrons. The number of anilines is 2. The molecule has 12 nitrogen and oxygen atoms in total. The van der Waals surface area contributed by atoms with Gasteiger partial charge in [-0.1, -0.05) is 99.7 Å². The standard InChI is InChI=1S/C22H20N2O4S.C16H15BrN2O4S.2CH4/c1-3-15-12-13-19(27-2)20(14-15)29(25,26)24-22-18-11-7-10-17(21(18)28-23-22)16-8-5-4-6-9-16;1-3-10-7-8-13(22-2)14(9-10)24(20,21)19-16-11-5-4-6-12(17)15(11)23-18-16;;/h4-14H,3H2,1-2H3,(H,23,24);4-9H,3H2,1-2H3,(H,18,19);2*1H4. The zero-order valence-corrected chi connectivity index (χ0v) is 32.3. The highest BCUT2D eigenvalue weighted by atomic mass is 79.9. The van der Waals surface area contributed by atoms with E-state index < -0.39 is 20.0 Å². The van der Waals surface area contributed by atoms with E-state index in [2.05, 4.69) is 35.7 Å². The predicted octanol–water partition coefficient (Wildman–Crippen LogP) is 10.1. The molecule has 5 aromatic carbocycles. The molecule has 7 rings (SSSR count). The molecular formula is C40H43BrN4O8S2. The Kier molecular flexibility index (Phi) is 13.7. The Hall–Kier alpha value is -5.38. The molecule has 0 aliphatic carbocycles. The fourth-order valence-electron chi connectivity index (χ4n) is 5.55. The summed E-state index contributed by atoms with van der Waals surface area (Å²) in [6.45, 7) is 3.91. The summed E-state index contributed by atoms with van der Waals surface area (Å²) in [6, 6.07) is 30.7. The van der Waals surface area contributed by atoms with E-state index in [4.69, 9.17) is 18.5 Å². The zero-order chi connectivity index (χ0) is 37.8. The third-order valence-electron chi connectivity index (χ3n) is 8.35. The van der Waals surface area contributed by atoms with Gasteiger partial charge in [0.15, 0.2) is 22.8 Å². The van der Waals surface area contributed by atoms with Crippen LogP contribution in [0.2, 0.25) is 0 Å². The molecule has 0 amide bonds. The van der Waals surface area contributed by atoms with Crippen LogP contribution in [0.1, 0.15) is 39.8 Å². The first-order chi connectivity index (χ1) is 25.5. The second-order valence-electron chi connectivity index (χ2n) is 11.6. The summed E-state index contributed by atoms with van der Waals surface area (Å²) in [5.74, 6) is 0.818. The molecule has 0 spiro atoms. The van der Waals surface area contributed by atoms with Crippen molar-refractivity contribution < 1.29 is 35.4 Å². The van der Waals surface area contributed by atoms with E-state index in [0.717, 1.165) is 22.3 Å². The van der Waals surface area contributed by atoms with Crippen LogP contribution in [0.5, 0.6) is 11.5 Å². The van der Waals surface area contributed by atoms with Crippen LogP contribution in [0, 0.1) is 0 Å². The Morgan fingerprint density at radius 3 is 1.58 bits per heavy atom. The lowest BCUT2D eigenvalue weighted by Gasteiger charge is -2.11. The van der Waals surface area contributed by atoms with E-state index in [1.807, 2.05) is 68.4 Å². The Balaban J connectivity index is 0.000000240. The lowest BCUT2D eigenvalue weighted by molar-refractivity contribution is 0.402. The molecule has 0 saturated carbocycles. The number of nitrogens with zero attached hydrogens (tertiary/aromatic N) is 2. The number of hydrogen-bond acceptors (Lipinski definition) is 10. The minimum atomic E-state index is -3.93. The molecule has 15 heteroatoms. The van der Waals surface area contributed by atoms with Crippen LogP contribution in [-0.4, -0.2) is 41.4 Å². The van der Waals surface area contributed by atoms with Gasteiger partial charge in [0, 0.05) is 5.56 Å². The number of sulfonamides is 2. The summed E-state index contributed by atoms with van der Waals surface area (Å²) < 4.78 is 78.6. The maximum absolute atomic E-state index is 13.1. The van der Waals surface area contributed by atoms with Crippen molar-refractivity contribution in [3.05, 3.63) is 119 Å². The molecule has 2 heterocycles. The smallest absolute Gasteiger partial charge is 0.266 e. The van der Waals surface area contributed by atoms with E-state index in [0.29, 0.717) is 39.3 Å². The molecule has 0 radical (unpaired) electrons. The average molecular weight is 852 g/mol. The lowest BCUT2D eigenvalue weighted by atomic mass is 10.0. The van der Waals surface area contributed by atoms with Crippen molar-refractivity contribution in [2.24, 2.45) is 0 Å². The van der Waals surface area contributed by atoms with Crippen molar-refractivity contribution in [3.8, 4) is 22.6 Å². The molecule has 0 aliphatic heterocycles. The van der Waals surface area contributed by atoms with Crippen molar-refractivity contribution in [1.82, 2.24) is 10.3 Å². The van der Waals surface area contributed by atoms with Crippen LogP contribution >= 0.6 is 15.9 Å². The van der Waals surface area contributed by atoms with Gasteiger partial charge in [-0.2, -0.15) is 0 Å². The van der Waals surface area contributed by atoms with Crippen LogP contribution in [0.15, 0.2) is 126 Å². The topological polar surface area (TPSA) is 163 Å². The van der Waals surface area contributed by atoms with E-state index in [1.165, 1.54) is 14.2 Å². The minimum Gasteiger partial charge on any atom is -0.495 e. The number of aryl methyl sites for hydroxylation is 2. The number of rotatable bonds is 11. The fourth-order valence-corrected chi connectivity index (χ4v) is 8.46. The summed E-state index contributed by atoms with van der Waals surface area (Å²) in [5, 5.41) is 8.96. The van der Waals surface area contributed by atoms with E-state index >= 15 is 0 Å². The van der Waals surface area contributed by atoms with Gasteiger partial charge >= 0.3 is 0 Å². The Morgan fingerprint density at radius 1 is 0.618 bits per heavy atom. The van der Waals surface area contributed by atoms with Gasteiger partial charge in [0.1, 0.15) is 21.3 Å². The quantitative estimate of drug-likeness (QED) is 0.128. The maximum atomic E-state index is 13.1. The van der Waals surface area contributed by atoms with Gasteiger partial charge < -0.3 is 18.5 Å². The molecule has 7 aromatic rings. The molecule has 0 bridgehead atoms. The SMILES string of the molecule is C.C.CCc1ccc(OC)c(S(=O)(=O)Nc2noc3c(-c4ccccc4)cccc23)c1.CCc1ccc(OC)c(S(=O)(=O)Nc2noc3c(Br)cccc23)c1. The van der Waals surface area contributed by atoms with E-state index in [9.17, 15) is 16.8 Å². The summed E-state index contributed by atoms with van der Waals surface area (Å²) in [7, 11) is -4.93. The average Bonchev–Trinajstić information content (AvgIpc) is 3.78. The number of fused-ring (bicyclic) bond motifs is 2. The largest absolute Gasteiger partial charge is 0.495 e. The fraction of sp³-hybridized carbons (Fsp3) is 0.200. The van der Waals surface area contributed by atoms with Gasteiger partial charge in [0.25, 0.3) is 20.0 Å². The summed E-state index contributed by atoms with van der Waals surface area (Å²) >= 11 is 3.35. The number of nitrogens with one attached hydrogen (secondary N) is 2. The normalized spacial score (nSPS) is 11.1. The van der Waals surface area contributed by atoms with Crippen molar-refractivity contribution >= 4 is 69.6 Å². The number of ether oxygens (including phenoxy) is 2. The first-order valence-corrected chi connectivity index (χ1v) is 20.1. The van der Waals surface area contributed by atoms with Crippen molar-refractivity contribution in [1.29, 1.82) is 0 Å². The molecular weight excluding hydrogens is 808 g/mol. The maximum Gasteiger partial charge on any atom is 0.266 e. The zero-order valence-electron chi connectivity index (χ0n) is 29.1. The Morgan fingerprint density at radius 2 is 1.09 bits per heavy atom. The molecule has 55 heavy (non-hydrogen) atoms. The van der Waals surface area contributed by atoms with Gasteiger partial charge in [-0.15, -0.1) is 0 Å². The number of hydrogen-bond donors (Lipinski definition) is 2. The number of methoxy groups -OCH3 is 2. The highest BCUT2D eigenvalue weighted by molar-refractivity contribution is 9.10. The minimum absolute atomic E-state index is 0. The van der Waals surface area contributed by atoms with Crippen LogP contribution in [0.4, 0.5) is 11.6 Å². The summed E-state index contributed by atoms with van der Waals surface area (Å²) in [5.41, 5.74) is 4.58. The van der Waals surface area contributed by atoms with Crippen LogP contribution in [0.25, 0.3) is 33.1 Å². The van der Waals surface area contributed by atoms with Crippen LogP contribution in [0.3, 0.4) is 0 Å². The van der Waals surface area contributed by atoms with E-state index in [-0.39, 0.29) is 47.8 Å². The van der Waals surface area contributed by atoms with Crippen molar-refractivity contribution in [2.45, 2.75) is 51.3 Å². The third kappa shape index (κ3) is 8.96. The summed E-state index contributed by atoms with van der Waals surface area (Å²) in [4.78, 5) is 0.130. The summed E-state index contributed by atoms with van der Waals surface area (Å²) in [6.07, 6.45) is 1.42. The monoisotopic (exact) mass is 850 g/mol. The molecule has 0 unspecified atom stereocenters. The predicted molar refractivity (Wildman–Crippen MR) is 221 cm³/mol. The number of benzene rings is 5. The Bertz CT molecular complexity index is 2630. The molecule has 0 atom stereocenters. The van der Waals surface area contributed by atoms with Gasteiger partial charge in [0.05, 0.1) is 29.5 Å². The first-order valence-electron chi connectivity index (χ1n) is 16.4. The highest BCUT2D eigenvalue weighted by Crippen LogP contribution is 2.35. The Labute approximate surface area is 330 Å². The third-order valence-corrected chi connectivity index (χ3v) is 11.7. The van der Waals surface area contributed by atoms with Gasteiger partial charge in [0.2, 0.25) is 0 Å². The number of para-hydroxylation sites is 2. The van der Waals surface area contributed by atoms with E-state index in [1.54, 1.807) is 48.5 Å². The first kappa shape index (κ1) is 42.4. The van der Waals surface area contributed by atoms with Gasteiger partial charge in [-0.25, -0.2) is 16.8 Å².